The highest BCUT2D eigenvalue weighted by molar-refractivity contribution is 7.21. The SMILES string of the molecule is CCc1cc2c(=O)c(-c3nc4ccccc4s3)c(C(F)(F)F)oc2c(CN(C)C)c1O. The second-order valence-corrected chi connectivity index (χ2v) is 8.48. The number of benzene rings is 2. The fourth-order valence-electron chi connectivity index (χ4n) is 3.55. The number of hydrogen-bond donors (Lipinski definition) is 1. The average Bonchev–Trinajstić information content (AvgIpc) is 3.12. The maximum atomic E-state index is 14.0. The molecule has 0 fully saturated rings. The number of nitrogens with zero attached hydrogens (tertiary/aromatic N) is 2. The molecule has 0 amide bonds. The van der Waals surface area contributed by atoms with Crippen molar-refractivity contribution >= 4 is 32.5 Å². The lowest BCUT2D eigenvalue weighted by atomic mass is 10.00. The molecule has 4 rings (SSSR count). The highest BCUT2D eigenvalue weighted by Gasteiger charge is 2.41. The molecular formula is C22H19F3N2O3S. The molecular weight excluding hydrogens is 429 g/mol. The molecule has 0 atom stereocenters. The quantitative estimate of drug-likeness (QED) is 0.452. The van der Waals surface area contributed by atoms with Gasteiger partial charge in [-0.3, -0.25) is 4.79 Å². The van der Waals surface area contributed by atoms with Gasteiger partial charge in [0, 0.05) is 6.54 Å². The number of fused-ring (bicyclic) bond motifs is 2. The van der Waals surface area contributed by atoms with E-state index in [2.05, 4.69) is 4.98 Å². The van der Waals surface area contributed by atoms with Crippen molar-refractivity contribution in [2.24, 2.45) is 0 Å². The molecule has 31 heavy (non-hydrogen) atoms. The summed E-state index contributed by atoms with van der Waals surface area (Å²) in [4.78, 5) is 19.3. The van der Waals surface area contributed by atoms with Crippen LogP contribution in [0.15, 0.2) is 39.5 Å². The van der Waals surface area contributed by atoms with E-state index in [0.29, 0.717) is 22.2 Å². The normalized spacial score (nSPS) is 12.4. The lowest BCUT2D eigenvalue weighted by Crippen LogP contribution is -2.18. The summed E-state index contributed by atoms with van der Waals surface area (Å²) in [5, 5.41) is 10.6. The van der Waals surface area contributed by atoms with E-state index in [1.54, 1.807) is 50.2 Å². The van der Waals surface area contributed by atoms with Crippen molar-refractivity contribution in [3.63, 3.8) is 0 Å². The van der Waals surface area contributed by atoms with Crippen molar-refractivity contribution in [3.8, 4) is 16.3 Å². The Balaban J connectivity index is 2.14. The van der Waals surface area contributed by atoms with Crippen molar-refractivity contribution in [2.75, 3.05) is 14.1 Å². The Hall–Kier alpha value is -2.91. The average molecular weight is 448 g/mol. The Morgan fingerprint density at radius 1 is 1.23 bits per heavy atom. The van der Waals surface area contributed by atoms with E-state index in [4.69, 9.17) is 4.42 Å². The predicted octanol–water partition coefficient (Wildman–Crippen LogP) is 5.42. The first-order valence-electron chi connectivity index (χ1n) is 9.54. The molecule has 9 heteroatoms. The van der Waals surface area contributed by atoms with E-state index in [9.17, 15) is 23.1 Å². The number of aromatic nitrogens is 1. The number of aromatic hydroxyl groups is 1. The highest BCUT2D eigenvalue weighted by atomic mass is 32.1. The third-order valence-electron chi connectivity index (χ3n) is 4.95. The number of hydrogen-bond acceptors (Lipinski definition) is 6. The van der Waals surface area contributed by atoms with Gasteiger partial charge in [0.05, 0.1) is 21.2 Å². The van der Waals surface area contributed by atoms with Gasteiger partial charge in [-0.2, -0.15) is 13.2 Å². The van der Waals surface area contributed by atoms with E-state index >= 15 is 0 Å². The van der Waals surface area contributed by atoms with Gasteiger partial charge in [-0.15, -0.1) is 11.3 Å². The highest BCUT2D eigenvalue weighted by Crippen LogP contribution is 2.41. The van der Waals surface area contributed by atoms with E-state index in [1.165, 1.54) is 6.07 Å². The van der Waals surface area contributed by atoms with Gasteiger partial charge in [-0.05, 0) is 44.3 Å². The summed E-state index contributed by atoms with van der Waals surface area (Å²) in [5.41, 5.74) is -0.564. The Morgan fingerprint density at radius 2 is 1.94 bits per heavy atom. The molecule has 0 saturated heterocycles. The van der Waals surface area contributed by atoms with E-state index in [1.807, 2.05) is 0 Å². The number of para-hydroxylation sites is 1. The topological polar surface area (TPSA) is 66.6 Å². The van der Waals surface area contributed by atoms with Gasteiger partial charge in [0.15, 0.2) is 0 Å². The fourth-order valence-corrected chi connectivity index (χ4v) is 4.56. The van der Waals surface area contributed by atoms with Gasteiger partial charge < -0.3 is 14.4 Å². The Bertz CT molecular complexity index is 1320. The molecule has 0 spiro atoms. The molecule has 0 unspecified atom stereocenters. The first-order chi connectivity index (χ1) is 14.6. The summed E-state index contributed by atoms with van der Waals surface area (Å²) in [6, 6.07) is 8.29. The second kappa shape index (κ2) is 7.65. The minimum Gasteiger partial charge on any atom is -0.507 e. The van der Waals surface area contributed by atoms with Crippen molar-refractivity contribution in [1.82, 2.24) is 9.88 Å². The van der Waals surface area contributed by atoms with Crippen LogP contribution in [-0.2, 0) is 19.1 Å². The van der Waals surface area contributed by atoms with Gasteiger partial charge in [0.25, 0.3) is 0 Å². The molecule has 2 heterocycles. The van der Waals surface area contributed by atoms with Crippen molar-refractivity contribution < 1.29 is 22.7 Å². The predicted molar refractivity (Wildman–Crippen MR) is 115 cm³/mol. The Morgan fingerprint density at radius 3 is 2.55 bits per heavy atom. The van der Waals surface area contributed by atoms with Gasteiger partial charge >= 0.3 is 6.18 Å². The first-order valence-corrected chi connectivity index (χ1v) is 10.4. The molecule has 4 aromatic rings. The van der Waals surface area contributed by atoms with Crippen molar-refractivity contribution in [3.05, 3.63) is 57.4 Å². The summed E-state index contributed by atoms with van der Waals surface area (Å²) < 4.78 is 48.0. The van der Waals surface area contributed by atoms with Crippen LogP contribution < -0.4 is 5.43 Å². The van der Waals surface area contributed by atoms with Crippen LogP contribution in [0.1, 0.15) is 23.8 Å². The summed E-state index contributed by atoms with van der Waals surface area (Å²) in [5.74, 6) is -1.57. The van der Waals surface area contributed by atoms with Crippen LogP contribution in [0, 0.1) is 0 Å². The number of phenolic OH excluding ortho intramolecular Hbond substituents is 1. The zero-order valence-electron chi connectivity index (χ0n) is 17.0. The van der Waals surface area contributed by atoms with Crippen molar-refractivity contribution in [2.45, 2.75) is 26.1 Å². The van der Waals surface area contributed by atoms with Crippen LogP contribution in [0.4, 0.5) is 13.2 Å². The minimum absolute atomic E-state index is 0.00578. The van der Waals surface area contributed by atoms with E-state index < -0.39 is 22.9 Å². The summed E-state index contributed by atoms with van der Waals surface area (Å²) in [6.45, 7) is 1.90. The summed E-state index contributed by atoms with van der Waals surface area (Å²) in [7, 11) is 3.42. The number of rotatable bonds is 4. The van der Waals surface area contributed by atoms with Crippen LogP contribution in [0.5, 0.6) is 5.75 Å². The zero-order chi connectivity index (χ0) is 22.5. The number of thiazole rings is 1. The first kappa shape index (κ1) is 21.3. The van der Waals surface area contributed by atoms with Gasteiger partial charge in [0.1, 0.15) is 21.9 Å². The number of halogens is 3. The lowest BCUT2D eigenvalue weighted by molar-refractivity contribution is -0.152. The molecule has 0 aliphatic carbocycles. The minimum atomic E-state index is -4.92. The summed E-state index contributed by atoms with van der Waals surface area (Å²) in [6.07, 6.45) is -4.52. The lowest BCUT2D eigenvalue weighted by Gasteiger charge is -2.18. The Kier molecular flexibility index (Phi) is 5.26. The summed E-state index contributed by atoms with van der Waals surface area (Å²) >= 11 is 1.00. The second-order valence-electron chi connectivity index (χ2n) is 7.45. The van der Waals surface area contributed by atoms with Gasteiger partial charge in [-0.1, -0.05) is 19.1 Å². The van der Waals surface area contributed by atoms with Gasteiger partial charge in [-0.25, -0.2) is 4.98 Å². The molecule has 0 aliphatic rings. The molecule has 0 saturated carbocycles. The molecule has 0 aliphatic heterocycles. The largest absolute Gasteiger partial charge is 0.507 e. The molecule has 1 N–H and O–H groups in total. The van der Waals surface area contributed by atoms with Crippen LogP contribution in [0.2, 0.25) is 0 Å². The fraction of sp³-hybridized carbons (Fsp3) is 0.273. The van der Waals surface area contributed by atoms with Crippen LogP contribution in [0.25, 0.3) is 31.8 Å². The smallest absolute Gasteiger partial charge is 0.450 e. The number of aryl methyl sites for hydroxylation is 1. The maximum absolute atomic E-state index is 14.0. The third kappa shape index (κ3) is 3.68. The molecule has 162 valence electrons. The Labute approximate surface area is 179 Å². The molecule has 5 nitrogen and oxygen atoms in total. The van der Waals surface area contributed by atoms with E-state index in [-0.39, 0.29) is 33.8 Å². The molecule has 2 aromatic carbocycles. The van der Waals surface area contributed by atoms with Crippen LogP contribution >= 0.6 is 11.3 Å². The van der Waals surface area contributed by atoms with Gasteiger partial charge in [0.2, 0.25) is 11.2 Å². The van der Waals surface area contributed by atoms with Crippen LogP contribution in [-0.4, -0.2) is 29.1 Å². The molecule has 0 radical (unpaired) electrons. The third-order valence-corrected chi connectivity index (χ3v) is 6.00. The standard InChI is InChI=1S/C22H19F3N2O3S/c1-4-11-9-12-18(29)16(21-26-14-7-5-6-8-15(14)31-21)20(22(23,24)25)30-19(12)13(17(11)28)10-27(2)3/h5-9,28H,4,10H2,1-3H3. The number of alkyl halides is 3. The number of phenols is 1. The van der Waals surface area contributed by atoms with Crippen LogP contribution in [0.3, 0.4) is 0 Å². The van der Waals surface area contributed by atoms with E-state index in [0.717, 1.165) is 11.3 Å². The van der Waals surface area contributed by atoms with Crippen molar-refractivity contribution in [1.29, 1.82) is 0 Å². The monoisotopic (exact) mass is 448 g/mol. The maximum Gasteiger partial charge on any atom is 0.450 e. The molecule has 0 bridgehead atoms. The zero-order valence-corrected chi connectivity index (χ0v) is 17.8. The molecule has 2 aromatic heterocycles.